The molecule has 0 aliphatic rings. The van der Waals surface area contributed by atoms with E-state index < -0.39 is 0 Å². The lowest BCUT2D eigenvalue weighted by Gasteiger charge is -2.03. The van der Waals surface area contributed by atoms with Crippen molar-refractivity contribution >= 4 is 0 Å². The molecule has 0 saturated heterocycles. The Kier molecular flexibility index (Phi) is 2.83. The second-order valence-corrected chi connectivity index (χ2v) is 3.50. The molecule has 0 aliphatic heterocycles. The molecule has 3 heteroatoms. The molecule has 0 amide bonds. The summed E-state index contributed by atoms with van der Waals surface area (Å²) in [6.07, 6.45) is 4.82. The van der Waals surface area contributed by atoms with Gasteiger partial charge in [-0.1, -0.05) is 19.1 Å². The van der Waals surface area contributed by atoms with Crippen molar-refractivity contribution in [3.63, 3.8) is 0 Å². The number of imidazole rings is 1. The molecular formula is C12H15N3. The van der Waals surface area contributed by atoms with E-state index >= 15 is 0 Å². The van der Waals surface area contributed by atoms with Gasteiger partial charge in [-0.15, -0.1) is 0 Å². The zero-order valence-corrected chi connectivity index (χ0v) is 8.85. The van der Waals surface area contributed by atoms with Crippen LogP contribution in [-0.2, 0) is 13.0 Å². The summed E-state index contributed by atoms with van der Waals surface area (Å²) >= 11 is 0. The minimum absolute atomic E-state index is 0.487. The van der Waals surface area contributed by atoms with Crippen molar-refractivity contribution < 1.29 is 0 Å². The van der Waals surface area contributed by atoms with Gasteiger partial charge in [0.25, 0.3) is 0 Å². The molecule has 1 aromatic heterocycles. The Hall–Kier alpha value is -1.61. The van der Waals surface area contributed by atoms with Crippen molar-refractivity contribution in [3.05, 3.63) is 48.0 Å². The number of hydrogen-bond donors (Lipinski definition) is 1. The number of nitrogens with two attached hydrogens (primary N) is 1. The zero-order chi connectivity index (χ0) is 10.7. The number of aryl methyl sites for hydroxylation is 1. The summed E-state index contributed by atoms with van der Waals surface area (Å²) in [5.41, 5.74) is 8.90. The van der Waals surface area contributed by atoms with Crippen molar-refractivity contribution in [2.75, 3.05) is 0 Å². The van der Waals surface area contributed by atoms with Gasteiger partial charge in [0.2, 0.25) is 0 Å². The fourth-order valence-corrected chi connectivity index (χ4v) is 1.55. The van der Waals surface area contributed by atoms with Crippen molar-refractivity contribution in [2.24, 2.45) is 5.73 Å². The summed E-state index contributed by atoms with van der Waals surface area (Å²) in [6, 6.07) is 8.43. The lowest BCUT2D eigenvalue weighted by molar-refractivity contribution is 1.01. The van der Waals surface area contributed by atoms with Gasteiger partial charge < -0.3 is 10.3 Å². The number of nitrogens with zero attached hydrogens (tertiary/aromatic N) is 2. The van der Waals surface area contributed by atoms with Crippen LogP contribution in [0.3, 0.4) is 0 Å². The van der Waals surface area contributed by atoms with Gasteiger partial charge in [0.1, 0.15) is 0 Å². The van der Waals surface area contributed by atoms with E-state index in [-0.39, 0.29) is 0 Å². The monoisotopic (exact) mass is 201 g/mol. The first-order valence-corrected chi connectivity index (χ1v) is 5.15. The van der Waals surface area contributed by atoms with E-state index in [0.29, 0.717) is 6.54 Å². The van der Waals surface area contributed by atoms with Crippen LogP contribution in [0, 0.1) is 0 Å². The van der Waals surface area contributed by atoms with Crippen molar-refractivity contribution in [1.29, 1.82) is 0 Å². The van der Waals surface area contributed by atoms with Crippen molar-refractivity contribution in [2.45, 2.75) is 19.9 Å². The highest BCUT2D eigenvalue weighted by Crippen LogP contribution is 2.11. The van der Waals surface area contributed by atoms with Crippen LogP contribution in [0.15, 0.2) is 36.8 Å². The van der Waals surface area contributed by atoms with Crippen LogP contribution in [0.5, 0.6) is 0 Å². The van der Waals surface area contributed by atoms with Crippen LogP contribution in [0.2, 0.25) is 0 Å². The normalized spacial score (nSPS) is 10.5. The standard InChI is InChI=1S/C12H15N3/c1-2-10-4-3-5-12(6-10)15-8-11(7-13)14-9-15/h3-6,8-9H,2,7,13H2,1H3. The molecule has 3 nitrogen and oxygen atoms in total. The largest absolute Gasteiger partial charge is 0.325 e. The fourth-order valence-electron chi connectivity index (χ4n) is 1.55. The Labute approximate surface area is 89.6 Å². The average Bonchev–Trinajstić information content (AvgIpc) is 2.78. The molecule has 2 aromatic rings. The Balaban J connectivity index is 2.35. The number of aromatic nitrogens is 2. The maximum Gasteiger partial charge on any atom is 0.0995 e. The summed E-state index contributed by atoms with van der Waals surface area (Å²) in [7, 11) is 0. The SMILES string of the molecule is CCc1cccc(-n2cnc(CN)c2)c1. The van der Waals surface area contributed by atoms with E-state index in [1.54, 1.807) is 6.33 Å². The minimum Gasteiger partial charge on any atom is -0.325 e. The third-order valence-electron chi connectivity index (χ3n) is 2.46. The Bertz CT molecular complexity index is 446. The molecule has 78 valence electrons. The van der Waals surface area contributed by atoms with Crippen LogP contribution < -0.4 is 5.73 Å². The summed E-state index contributed by atoms with van der Waals surface area (Å²) in [4.78, 5) is 4.20. The van der Waals surface area contributed by atoms with E-state index in [4.69, 9.17) is 5.73 Å². The molecule has 0 spiro atoms. The Morgan fingerprint density at radius 3 is 2.93 bits per heavy atom. The van der Waals surface area contributed by atoms with Gasteiger partial charge in [-0.25, -0.2) is 4.98 Å². The second kappa shape index (κ2) is 4.28. The third-order valence-corrected chi connectivity index (χ3v) is 2.46. The van der Waals surface area contributed by atoms with Crippen LogP contribution in [-0.4, -0.2) is 9.55 Å². The van der Waals surface area contributed by atoms with E-state index in [1.165, 1.54) is 5.56 Å². The maximum absolute atomic E-state index is 5.52. The first kappa shape index (κ1) is 9.93. The van der Waals surface area contributed by atoms with Gasteiger partial charge in [-0.2, -0.15) is 0 Å². The molecule has 1 aromatic carbocycles. The second-order valence-electron chi connectivity index (χ2n) is 3.50. The molecule has 0 saturated carbocycles. The maximum atomic E-state index is 5.52. The molecule has 0 fully saturated rings. The van der Waals surface area contributed by atoms with Crippen LogP contribution in [0.4, 0.5) is 0 Å². The highest BCUT2D eigenvalue weighted by Gasteiger charge is 1.99. The fraction of sp³-hybridized carbons (Fsp3) is 0.250. The predicted octanol–water partition coefficient (Wildman–Crippen LogP) is 1.89. The summed E-state index contributed by atoms with van der Waals surface area (Å²) in [5, 5.41) is 0. The van der Waals surface area contributed by atoms with Gasteiger partial charge in [-0.05, 0) is 24.1 Å². The predicted molar refractivity (Wildman–Crippen MR) is 60.8 cm³/mol. The van der Waals surface area contributed by atoms with Crippen LogP contribution >= 0.6 is 0 Å². The van der Waals surface area contributed by atoms with Gasteiger partial charge in [0, 0.05) is 18.4 Å². The quantitative estimate of drug-likeness (QED) is 0.824. The number of benzene rings is 1. The van der Waals surface area contributed by atoms with Crippen molar-refractivity contribution in [1.82, 2.24) is 9.55 Å². The topological polar surface area (TPSA) is 43.8 Å². The van der Waals surface area contributed by atoms with E-state index in [9.17, 15) is 0 Å². The molecule has 0 aliphatic carbocycles. The molecule has 0 unspecified atom stereocenters. The van der Waals surface area contributed by atoms with Gasteiger partial charge in [0.05, 0.1) is 12.0 Å². The number of hydrogen-bond acceptors (Lipinski definition) is 2. The zero-order valence-electron chi connectivity index (χ0n) is 8.85. The van der Waals surface area contributed by atoms with Gasteiger partial charge in [0.15, 0.2) is 0 Å². The van der Waals surface area contributed by atoms with E-state index in [0.717, 1.165) is 17.8 Å². The molecule has 1 heterocycles. The van der Waals surface area contributed by atoms with E-state index in [1.807, 2.05) is 10.8 Å². The molecule has 2 N–H and O–H groups in total. The minimum atomic E-state index is 0.487. The molecule has 2 rings (SSSR count). The molecule has 0 radical (unpaired) electrons. The Morgan fingerprint density at radius 1 is 1.40 bits per heavy atom. The lowest BCUT2D eigenvalue weighted by Crippen LogP contribution is -1.96. The molecular weight excluding hydrogens is 186 g/mol. The summed E-state index contributed by atoms with van der Waals surface area (Å²) < 4.78 is 2.00. The molecule has 0 atom stereocenters. The third kappa shape index (κ3) is 2.07. The van der Waals surface area contributed by atoms with Gasteiger partial charge in [-0.3, -0.25) is 0 Å². The summed E-state index contributed by atoms with van der Waals surface area (Å²) in [6.45, 7) is 2.64. The van der Waals surface area contributed by atoms with Crippen LogP contribution in [0.25, 0.3) is 5.69 Å². The molecule has 15 heavy (non-hydrogen) atoms. The smallest absolute Gasteiger partial charge is 0.0995 e. The first-order valence-electron chi connectivity index (χ1n) is 5.15. The van der Waals surface area contributed by atoms with Crippen molar-refractivity contribution in [3.8, 4) is 5.69 Å². The first-order chi connectivity index (χ1) is 7.33. The highest BCUT2D eigenvalue weighted by molar-refractivity contribution is 5.36. The highest BCUT2D eigenvalue weighted by atomic mass is 15.0. The lowest BCUT2D eigenvalue weighted by atomic mass is 10.1. The van der Waals surface area contributed by atoms with Gasteiger partial charge >= 0.3 is 0 Å². The van der Waals surface area contributed by atoms with Crippen LogP contribution in [0.1, 0.15) is 18.2 Å². The average molecular weight is 201 g/mol. The molecule has 0 bridgehead atoms. The Morgan fingerprint density at radius 2 is 2.27 bits per heavy atom. The summed E-state index contributed by atoms with van der Waals surface area (Å²) in [5.74, 6) is 0. The van der Waals surface area contributed by atoms with E-state index in [2.05, 4.69) is 36.2 Å². The number of rotatable bonds is 3.